The molecule has 1 aliphatic carbocycles. The SMILES string of the molecule is CC1CC1.F[C@H]1C[C@@H](c2ccccc2)n2ncnc21. The third kappa shape index (κ3) is 2.67. The molecule has 0 amide bonds. The Morgan fingerprint density at radius 2 is 1.89 bits per heavy atom. The fourth-order valence-electron chi connectivity index (χ4n) is 2.24. The number of alkyl halides is 1. The highest BCUT2D eigenvalue weighted by atomic mass is 19.1. The van der Waals surface area contributed by atoms with Crippen LogP contribution in [0.5, 0.6) is 0 Å². The fraction of sp³-hybridized carbons (Fsp3) is 0.467. The summed E-state index contributed by atoms with van der Waals surface area (Å²) in [4.78, 5) is 3.93. The van der Waals surface area contributed by atoms with E-state index < -0.39 is 6.17 Å². The molecule has 0 saturated heterocycles. The van der Waals surface area contributed by atoms with Crippen LogP contribution in [0.1, 0.15) is 49.8 Å². The van der Waals surface area contributed by atoms with E-state index in [9.17, 15) is 4.39 Å². The van der Waals surface area contributed by atoms with Gasteiger partial charge < -0.3 is 0 Å². The lowest BCUT2D eigenvalue weighted by Crippen LogP contribution is -2.06. The van der Waals surface area contributed by atoms with Gasteiger partial charge in [-0.15, -0.1) is 0 Å². The zero-order valence-corrected chi connectivity index (χ0v) is 11.0. The van der Waals surface area contributed by atoms with Gasteiger partial charge in [-0.05, 0) is 11.5 Å². The molecule has 4 rings (SSSR count). The summed E-state index contributed by atoms with van der Waals surface area (Å²) in [5.41, 5.74) is 1.09. The number of rotatable bonds is 1. The van der Waals surface area contributed by atoms with Crippen molar-refractivity contribution in [2.24, 2.45) is 5.92 Å². The second-order valence-corrected chi connectivity index (χ2v) is 5.38. The second-order valence-electron chi connectivity index (χ2n) is 5.38. The van der Waals surface area contributed by atoms with Gasteiger partial charge >= 0.3 is 0 Å². The maximum atomic E-state index is 13.6. The molecule has 100 valence electrons. The maximum absolute atomic E-state index is 13.6. The Morgan fingerprint density at radius 3 is 2.53 bits per heavy atom. The summed E-state index contributed by atoms with van der Waals surface area (Å²) >= 11 is 0. The van der Waals surface area contributed by atoms with Crippen LogP contribution in [0.2, 0.25) is 0 Å². The third-order valence-corrected chi connectivity index (χ3v) is 3.66. The van der Waals surface area contributed by atoms with E-state index in [1.807, 2.05) is 30.3 Å². The Bertz CT molecular complexity index is 533. The Morgan fingerprint density at radius 1 is 1.21 bits per heavy atom. The van der Waals surface area contributed by atoms with Gasteiger partial charge in [-0.25, -0.2) is 14.1 Å². The average Bonchev–Trinajstić information content (AvgIpc) is 2.96. The number of hydrogen-bond acceptors (Lipinski definition) is 2. The minimum absolute atomic E-state index is 0.00120. The summed E-state index contributed by atoms with van der Waals surface area (Å²) in [5, 5.41) is 4.07. The van der Waals surface area contributed by atoms with E-state index in [-0.39, 0.29) is 6.04 Å². The van der Waals surface area contributed by atoms with E-state index >= 15 is 0 Å². The molecule has 1 aromatic heterocycles. The van der Waals surface area contributed by atoms with Gasteiger partial charge in [-0.1, -0.05) is 50.1 Å². The molecule has 2 heterocycles. The van der Waals surface area contributed by atoms with Crippen LogP contribution in [0.4, 0.5) is 4.39 Å². The first-order valence-corrected chi connectivity index (χ1v) is 6.84. The number of fused-ring (bicyclic) bond motifs is 1. The Kier molecular flexibility index (Phi) is 3.32. The van der Waals surface area contributed by atoms with E-state index in [0.29, 0.717) is 12.2 Å². The Hall–Kier alpha value is -1.71. The number of nitrogens with zero attached hydrogens (tertiary/aromatic N) is 3. The van der Waals surface area contributed by atoms with Crippen molar-refractivity contribution in [1.29, 1.82) is 0 Å². The van der Waals surface area contributed by atoms with E-state index in [2.05, 4.69) is 17.0 Å². The standard InChI is InChI=1S/C11H10FN3.C4H8/c12-9-6-10(8-4-2-1-3-5-8)15-11(9)13-7-14-15;1-4-2-3-4/h1-5,7,9-10H,6H2;4H,2-3H2,1H3/t9-,10-;/m0./s1. The molecule has 0 bridgehead atoms. The van der Waals surface area contributed by atoms with Crippen LogP contribution in [0.15, 0.2) is 36.7 Å². The molecule has 1 fully saturated rings. The monoisotopic (exact) mass is 259 g/mol. The highest BCUT2D eigenvalue weighted by Gasteiger charge is 2.33. The van der Waals surface area contributed by atoms with Crippen molar-refractivity contribution in [3.63, 3.8) is 0 Å². The van der Waals surface area contributed by atoms with E-state index in [0.717, 1.165) is 11.5 Å². The van der Waals surface area contributed by atoms with Crippen molar-refractivity contribution in [2.45, 2.75) is 38.4 Å². The first-order valence-electron chi connectivity index (χ1n) is 6.84. The van der Waals surface area contributed by atoms with Gasteiger partial charge in [0, 0.05) is 6.42 Å². The summed E-state index contributed by atoms with van der Waals surface area (Å²) in [6.07, 6.45) is 3.84. The minimum atomic E-state index is -0.988. The molecular formula is C15H18FN3. The molecule has 2 aliphatic rings. The molecule has 2 atom stereocenters. The number of halogens is 1. The molecule has 0 N–H and O–H groups in total. The van der Waals surface area contributed by atoms with Crippen LogP contribution < -0.4 is 0 Å². The van der Waals surface area contributed by atoms with Crippen LogP contribution in [0.3, 0.4) is 0 Å². The Balaban J connectivity index is 0.000000237. The molecule has 1 aliphatic heterocycles. The quantitative estimate of drug-likeness (QED) is 0.781. The maximum Gasteiger partial charge on any atom is 0.162 e. The number of aromatic nitrogens is 3. The highest BCUT2D eigenvalue weighted by molar-refractivity contribution is 5.22. The molecule has 2 aromatic rings. The number of benzene rings is 1. The van der Waals surface area contributed by atoms with Crippen LogP contribution in [-0.4, -0.2) is 14.8 Å². The van der Waals surface area contributed by atoms with Gasteiger partial charge in [0.2, 0.25) is 0 Å². The van der Waals surface area contributed by atoms with Crippen molar-refractivity contribution in [1.82, 2.24) is 14.8 Å². The van der Waals surface area contributed by atoms with Gasteiger partial charge in [0.1, 0.15) is 6.33 Å². The second kappa shape index (κ2) is 5.11. The highest BCUT2D eigenvalue weighted by Crippen LogP contribution is 2.38. The zero-order chi connectivity index (χ0) is 13.2. The predicted molar refractivity (Wildman–Crippen MR) is 71.5 cm³/mol. The lowest BCUT2D eigenvalue weighted by atomic mass is 10.0. The number of hydrogen-bond donors (Lipinski definition) is 0. The van der Waals surface area contributed by atoms with Crippen molar-refractivity contribution in [3.05, 3.63) is 48.0 Å². The first kappa shape index (κ1) is 12.3. The Labute approximate surface area is 112 Å². The van der Waals surface area contributed by atoms with Gasteiger partial charge in [0.15, 0.2) is 12.0 Å². The predicted octanol–water partition coefficient (Wildman–Crippen LogP) is 3.70. The van der Waals surface area contributed by atoms with Gasteiger partial charge in [0.05, 0.1) is 6.04 Å². The molecule has 1 aromatic carbocycles. The molecule has 1 saturated carbocycles. The third-order valence-electron chi connectivity index (χ3n) is 3.66. The molecule has 0 radical (unpaired) electrons. The zero-order valence-electron chi connectivity index (χ0n) is 11.0. The first-order chi connectivity index (χ1) is 9.25. The summed E-state index contributed by atoms with van der Waals surface area (Å²) in [6.45, 7) is 2.28. The van der Waals surface area contributed by atoms with Gasteiger partial charge in [-0.3, -0.25) is 0 Å². The van der Waals surface area contributed by atoms with E-state index in [1.54, 1.807) is 4.68 Å². The average molecular weight is 259 g/mol. The van der Waals surface area contributed by atoms with Crippen LogP contribution in [-0.2, 0) is 0 Å². The summed E-state index contributed by atoms with van der Waals surface area (Å²) in [7, 11) is 0. The van der Waals surface area contributed by atoms with Crippen molar-refractivity contribution in [2.75, 3.05) is 0 Å². The van der Waals surface area contributed by atoms with Gasteiger partial charge in [-0.2, -0.15) is 5.10 Å². The lowest BCUT2D eigenvalue weighted by Gasteiger charge is -2.10. The molecule has 0 unspecified atom stereocenters. The molecule has 4 heteroatoms. The van der Waals surface area contributed by atoms with Crippen molar-refractivity contribution in [3.8, 4) is 0 Å². The summed E-state index contributed by atoms with van der Waals surface area (Å²) < 4.78 is 15.2. The normalized spacial score (nSPS) is 24.5. The largest absolute Gasteiger partial charge is 0.240 e. The van der Waals surface area contributed by atoms with Crippen molar-refractivity contribution < 1.29 is 4.39 Å². The topological polar surface area (TPSA) is 30.7 Å². The van der Waals surface area contributed by atoms with Gasteiger partial charge in [0.25, 0.3) is 0 Å². The molecular weight excluding hydrogens is 241 g/mol. The van der Waals surface area contributed by atoms with E-state index in [4.69, 9.17) is 0 Å². The molecule has 0 spiro atoms. The van der Waals surface area contributed by atoms with Crippen LogP contribution >= 0.6 is 0 Å². The van der Waals surface area contributed by atoms with Crippen molar-refractivity contribution >= 4 is 0 Å². The van der Waals surface area contributed by atoms with Crippen LogP contribution in [0, 0.1) is 5.92 Å². The summed E-state index contributed by atoms with van der Waals surface area (Å²) in [5.74, 6) is 1.53. The minimum Gasteiger partial charge on any atom is -0.240 e. The smallest absolute Gasteiger partial charge is 0.162 e. The molecule has 19 heavy (non-hydrogen) atoms. The van der Waals surface area contributed by atoms with Crippen LogP contribution in [0.25, 0.3) is 0 Å². The molecule has 3 nitrogen and oxygen atoms in total. The fourth-order valence-corrected chi connectivity index (χ4v) is 2.24. The van der Waals surface area contributed by atoms with E-state index in [1.165, 1.54) is 19.2 Å². The summed E-state index contributed by atoms with van der Waals surface area (Å²) in [6, 6.07) is 9.85. The lowest BCUT2D eigenvalue weighted by molar-refractivity contribution is 0.328.